The normalized spacial score (nSPS) is 15.4. The number of nitrogens with zero attached hydrogens (tertiary/aromatic N) is 3. The molecule has 1 fully saturated rings. The third-order valence-electron chi connectivity index (χ3n) is 7.65. The van der Waals surface area contributed by atoms with Gasteiger partial charge in [0.05, 0.1) is 31.0 Å². The highest BCUT2D eigenvalue weighted by Gasteiger charge is 2.31. The molecular formula is C30H42BrN5O4. The van der Waals surface area contributed by atoms with Crippen LogP contribution >= 0.6 is 17.0 Å². The third-order valence-corrected chi connectivity index (χ3v) is 7.65. The van der Waals surface area contributed by atoms with Gasteiger partial charge in [0.2, 0.25) is 0 Å². The molecule has 1 amide bonds. The Morgan fingerprint density at radius 1 is 1.15 bits per heavy atom. The Balaban J connectivity index is 0.00000441. The number of amidine groups is 1. The van der Waals surface area contributed by atoms with E-state index in [1.807, 2.05) is 37.2 Å². The van der Waals surface area contributed by atoms with Crippen molar-refractivity contribution in [3.63, 3.8) is 0 Å². The molecule has 0 atom stereocenters. The average molecular weight is 617 g/mol. The number of ketones is 1. The largest absolute Gasteiger partial charge is 0.494 e. The summed E-state index contributed by atoms with van der Waals surface area (Å²) in [5.74, 6) is 0.700. The van der Waals surface area contributed by atoms with Crippen molar-refractivity contribution in [1.29, 1.82) is 5.41 Å². The number of amides is 1. The van der Waals surface area contributed by atoms with E-state index in [0.717, 1.165) is 28.3 Å². The van der Waals surface area contributed by atoms with Gasteiger partial charge in [0.15, 0.2) is 5.78 Å². The molecular weight excluding hydrogens is 574 g/mol. The summed E-state index contributed by atoms with van der Waals surface area (Å²) in [7, 11) is 7.01. The van der Waals surface area contributed by atoms with Crippen LogP contribution < -0.4 is 19.9 Å². The summed E-state index contributed by atoms with van der Waals surface area (Å²) in [4.78, 5) is 32.1. The van der Waals surface area contributed by atoms with Gasteiger partial charge in [-0.25, -0.2) is 0 Å². The van der Waals surface area contributed by atoms with Gasteiger partial charge in [-0.15, -0.1) is 17.0 Å². The van der Waals surface area contributed by atoms with Crippen molar-refractivity contribution < 1.29 is 19.4 Å². The molecule has 2 aromatic carbocycles. The van der Waals surface area contributed by atoms with Crippen molar-refractivity contribution >= 4 is 45.9 Å². The fraction of sp³-hybridized carbons (Fsp3) is 0.500. The summed E-state index contributed by atoms with van der Waals surface area (Å²) >= 11 is 0. The number of fused-ring (bicyclic) bond motifs is 1. The number of carbonyl (C=O) groups is 2. The SMILES string of the molecule is Br.CNC(=O)c1cc2c(cc1N(C)C)CN(CC(=O)c1cc(N3CCC(O)CC3)c(OC)c(C(C)(C)C)c1)C2=N. The van der Waals surface area contributed by atoms with Crippen molar-refractivity contribution in [1.82, 2.24) is 10.2 Å². The average Bonchev–Trinajstić information content (AvgIpc) is 3.20. The lowest BCUT2D eigenvalue weighted by atomic mass is 9.84. The van der Waals surface area contributed by atoms with Crippen LogP contribution in [0.5, 0.6) is 5.75 Å². The number of ether oxygens (including phenoxy) is 1. The van der Waals surface area contributed by atoms with E-state index in [9.17, 15) is 14.7 Å². The van der Waals surface area contributed by atoms with E-state index in [-0.39, 0.29) is 52.6 Å². The molecule has 10 heteroatoms. The van der Waals surface area contributed by atoms with Gasteiger partial charge in [-0.1, -0.05) is 20.8 Å². The number of benzene rings is 2. The van der Waals surface area contributed by atoms with E-state index >= 15 is 0 Å². The van der Waals surface area contributed by atoms with Gasteiger partial charge in [0, 0.05) is 63.2 Å². The smallest absolute Gasteiger partial charge is 0.253 e. The number of halogens is 1. The van der Waals surface area contributed by atoms with E-state index in [1.165, 1.54) is 0 Å². The number of methoxy groups -OCH3 is 1. The quantitative estimate of drug-likeness (QED) is 0.404. The summed E-state index contributed by atoms with van der Waals surface area (Å²) in [6.45, 7) is 8.15. The van der Waals surface area contributed by atoms with Crippen LogP contribution in [0.3, 0.4) is 0 Å². The van der Waals surface area contributed by atoms with Crippen molar-refractivity contribution in [3.05, 3.63) is 52.1 Å². The molecule has 0 aromatic heterocycles. The minimum atomic E-state index is -0.307. The van der Waals surface area contributed by atoms with Gasteiger partial charge in [0.25, 0.3) is 5.91 Å². The third kappa shape index (κ3) is 6.12. The number of rotatable bonds is 7. The lowest BCUT2D eigenvalue weighted by molar-refractivity contribution is 0.0955. The summed E-state index contributed by atoms with van der Waals surface area (Å²) in [5, 5.41) is 21.5. The van der Waals surface area contributed by atoms with Gasteiger partial charge in [-0.3, -0.25) is 15.0 Å². The van der Waals surface area contributed by atoms with Crippen molar-refractivity contribution in [2.75, 3.05) is 57.7 Å². The predicted octanol–water partition coefficient (Wildman–Crippen LogP) is 3.98. The first-order valence-corrected chi connectivity index (χ1v) is 13.4. The predicted molar refractivity (Wildman–Crippen MR) is 165 cm³/mol. The molecule has 0 radical (unpaired) electrons. The molecule has 0 saturated carbocycles. The molecule has 2 aromatic rings. The Labute approximate surface area is 247 Å². The zero-order valence-corrected chi connectivity index (χ0v) is 26.3. The lowest BCUT2D eigenvalue weighted by Crippen LogP contribution is -2.36. The number of piperidine rings is 1. The fourth-order valence-electron chi connectivity index (χ4n) is 5.41. The van der Waals surface area contributed by atoms with E-state index in [2.05, 4.69) is 31.0 Å². The highest BCUT2D eigenvalue weighted by molar-refractivity contribution is 8.93. The molecule has 9 nitrogen and oxygen atoms in total. The van der Waals surface area contributed by atoms with Gasteiger partial charge in [-0.05, 0) is 48.1 Å². The number of aliphatic hydroxyl groups excluding tert-OH is 1. The van der Waals surface area contributed by atoms with Crippen molar-refractivity contribution in [2.24, 2.45) is 0 Å². The standard InChI is InChI=1S/C30H41N5O4.BrH/c1-30(2,3)23-12-18(13-25(27(23)39-7)34-10-8-20(36)9-11-34)26(37)17-35-16-19-14-24(33(5)6)22(29(38)32-4)15-21(19)28(35)31;/h12-15,20,31,36H,8-11,16-17H2,1-7H3,(H,32,38);1H. The maximum atomic E-state index is 13.7. The number of carbonyl (C=O) groups excluding carboxylic acids is 2. The molecule has 2 heterocycles. The van der Waals surface area contributed by atoms with Crippen LogP contribution in [0, 0.1) is 5.41 Å². The number of aliphatic hydroxyl groups is 1. The monoisotopic (exact) mass is 615 g/mol. The summed E-state index contributed by atoms with van der Waals surface area (Å²) < 4.78 is 5.88. The Morgan fingerprint density at radius 3 is 2.35 bits per heavy atom. The van der Waals surface area contributed by atoms with Crippen LogP contribution in [-0.4, -0.2) is 81.5 Å². The second kappa shape index (κ2) is 12.2. The zero-order valence-electron chi connectivity index (χ0n) is 24.6. The van der Waals surface area contributed by atoms with Gasteiger partial charge < -0.3 is 29.9 Å². The number of anilines is 2. The Kier molecular flexibility index (Phi) is 9.57. The number of hydrogen-bond acceptors (Lipinski definition) is 7. The zero-order chi connectivity index (χ0) is 28.6. The van der Waals surface area contributed by atoms with E-state index < -0.39 is 0 Å². The number of hydrogen-bond donors (Lipinski definition) is 3. The van der Waals surface area contributed by atoms with Gasteiger partial charge in [-0.2, -0.15) is 0 Å². The van der Waals surface area contributed by atoms with Crippen molar-refractivity contribution in [3.8, 4) is 5.75 Å². The van der Waals surface area contributed by atoms with Gasteiger partial charge in [0.1, 0.15) is 11.6 Å². The second-order valence-corrected chi connectivity index (χ2v) is 11.7. The van der Waals surface area contributed by atoms with E-state index in [4.69, 9.17) is 10.1 Å². The van der Waals surface area contributed by atoms with Crippen LogP contribution in [0.4, 0.5) is 11.4 Å². The molecule has 2 aliphatic heterocycles. The topological polar surface area (TPSA) is 109 Å². The Hall–Kier alpha value is -3.11. The highest BCUT2D eigenvalue weighted by atomic mass is 79.9. The molecule has 0 aliphatic carbocycles. The Morgan fingerprint density at radius 2 is 1.80 bits per heavy atom. The fourth-order valence-corrected chi connectivity index (χ4v) is 5.41. The van der Waals surface area contributed by atoms with Crippen molar-refractivity contribution in [2.45, 2.75) is 51.7 Å². The second-order valence-electron chi connectivity index (χ2n) is 11.7. The molecule has 3 N–H and O–H groups in total. The number of Topliss-reactive ketones (excluding diaryl/α,β-unsaturated/α-hetero) is 1. The molecule has 218 valence electrons. The maximum absolute atomic E-state index is 13.7. The summed E-state index contributed by atoms with van der Waals surface area (Å²) in [6, 6.07) is 7.51. The van der Waals surface area contributed by atoms with E-state index in [1.54, 1.807) is 25.1 Å². The van der Waals surface area contributed by atoms with Crippen LogP contribution in [0.25, 0.3) is 0 Å². The van der Waals surface area contributed by atoms with Crippen LogP contribution in [-0.2, 0) is 12.0 Å². The van der Waals surface area contributed by atoms with Crippen LogP contribution in [0.1, 0.15) is 71.0 Å². The Bertz CT molecular complexity index is 1300. The van der Waals surface area contributed by atoms with E-state index in [0.29, 0.717) is 49.2 Å². The highest BCUT2D eigenvalue weighted by Crippen LogP contribution is 2.41. The lowest BCUT2D eigenvalue weighted by Gasteiger charge is -2.35. The molecule has 4 rings (SSSR count). The first kappa shape index (κ1) is 31.4. The van der Waals surface area contributed by atoms with Crippen LogP contribution in [0.2, 0.25) is 0 Å². The molecule has 40 heavy (non-hydrogen) atoms. The molecule has 0 bridgehead atoms. The summed E-state index contributed by atoms with van der Waals surface area (Å²) in [6.07, 6.45) is 1.03. The first-order valence-electron chi connectivity index (χ1n) is 13.4. The first-order chi connectivity index (χ1) is 18.3. The molecule has 0 spiro atoms. The molecule has 1 saturated heterocycles. The minimum absolute atomic E-state index is 0. The number of nitrogens with one attached hydrogen (secondary N) is 2. The molecule has 2 aliphatic rings. The van der Waals surface area contributed by atoms with Gasteiger partial charge >= 0.3 is 0 Å². The minimum Gasteiger partial charge on any atom is -0.494 e. The molecule has 0 unspecified atom stereocenters. The van der Waals surface area contributed by atoms with Crippen LogP contribution in [0.15, 0.2) is 24.3 Å². The summed E-state index contributed by atoms with van der Waals surface area (Å²) in [5.41, 5.74) is 4.99. The maximum Gasteiger partial charge on any atom is 0.253 e.